The van der Waals surface area contributed by atoms with Gasteiger partial charge in [-0.2, -0.15) is 0 Å². The van der Waals surface area contributed by atoms with Crippen molar-refractivity contribution in [3.8, 4) is 0 Å². The topological polar surface area (TPSA) is 61.4 Å². The molecular weight excluding hydrogens is 278 g/mol. The maximum Gasteiger partial charge on any atom is 0.228 e. The minimum atomic E-state index is 0.0650. The van der Waals surface area contributed by atoms with Crippen LogP contribution in [0.2, 0.25) is 0 Å². The summed E-state index contributed by atoms with van der Waals surface area (Å²) in [5, 5.41) is 6.19. The highest BCUT2D eigenvalue weighted by Gasteiger charge is 2.20. The van der Waals surface area contributed by atoms with Gasteiger partial charge < -0.3 is 15.5 Å². The van der Waals surface area contributed by atoms with E-state index in [1.807, 2.05) is 17.0 Å². The van der Waals surface area contributed by atoms with Crippen molar-refractivity contribution in [2.45, 2.75) is 38.6 Å². The molecule has 1 aromatic rings. The number of rotatable bonds is 4. The van der Waals surface area contributed by atoms with Crippen LogP contribution in [0.25, 0.3) is 0 Å². The quantitative estimate of drug-likeness (QED) is 0.882. The van der Waals surface area contributed by atoms with E-state index in [-0.39, 0.29) is 11.8 Å². The zero-order chi connectivity index (χ0) is 15.5. The number of nitrogens with one attached hydrogen (secondary N) is 2. The first-order valence-electron chi connectivity index (χ1n) is 8.04. The molecule has 2 heterocycles. The number of carbonyl (C=O) groups is 2. The summed E-state index contributed by atoms with van der Waals surface area (Å²) in [6, 6.07) is 6.49. The third-order valence-electron chi connectivity index (χ3n) is 4.37. The largest absolute Gasteiger partial charge is 0.340 e. The van der Waals surface area contributed by atoms with Crippen molar-refractivity contribution in [2.24, 2.45) is 0 Å². The number of aryl methyl sites for hydroxylation is 1. The third kappa shape index (κ3) is 3.47. The van der Waals surface area contributed by atoms with Crippen LogP contribution in [0.1, 0.15) is 30.9 Å². The first-order chi connectivity index (χ1) is 10.6. The van der Waals surface area contributed by atoms with Crippen molar-refractivity contribution in [2.75, 3.05) is 25.0 Å². The van der Waals surface area contributed by atoms with Gasteiger partial charge >= 0.3 is 0 Å². The van der Waals surface area contributed by atoms with Crippen molar-refractivity contribution in [3.05, 3.63) is 29.3 Å². The molecule has 0 aromatic heterocycles. The van der Waals surface area contributed by atoms with Gasteiger partial charge in [0, 0.05) is 37.8 Å². The van der Waals surface area contributed by atoms with Crippen LogP contribution in [0.5, 0.6) is 0 Å². The maximum absolute atomic E-state index is 12.2. The van der Waals surface area contributed by atoms with Gasteiger partial charge in [0.15, 0.2) is 0 Å². The van der Waals surface area contributed by atoms with E-state index in [1.165, 1.54) is 5.56 Å². The number of hydrogen-bond donors (Lipinski definition) is 2. The van der Waals surface area contributed by atoms with Gasteiger partial charge in [-0.05, 0) is 37.0 Å². The Labute approximate surface area is 131 Å². The molecule has 0 radical (unpaired) electrons. The minimum absolute atomic E-state index is 0.0650. The summed E-state index contributed by atoms with van der Waals surface area (Å²) >= 11 is 0. The van der Waals surface area contributed by atoms with Crippen LogP contribution >= 0.6 is 0 Å². The molecule has 2 amide bonds. The Morgan fingerprint density at radius 3 is 3.09 bits per heavy atom. The van der Waals surface area contributed by atoms with Crippen molar-refractivity contribution >= 4 is 17.5 Å². The van der Waals surface area contributed by atoms with Gasteiger partial charge in [0.2, 0.25) is 11.8 Å². The van der Waals surface area contributed by atoms with Crippen molar-refractivity contribution in [3.63, 3.8) is 0 Å². The second kappa shape index (κ2) is 6.48. The molecule has 2 aliphatic rings. The van der Waals surface area contributed by atoms with Crippen LogP contribution in [0, 0.1) is 0 Å². The fourth-order valence-electron chi connectivity index (χ4n) is 3.20. The third-order valence-corrected chi connectivity index (χ3v) is 4.37. The molecule has 1 aromatic carbocycles. The Hall–Kier alpha value is -1.88. The Morgan fingerprint density at radius 1 is 1.41 bits per heavy atom. The van der Waals surface area contributed by atoms with Crippen molar-refractivity contribution < 1.29 is 9.59 Å². The number of nitrogens with zero attached hydrogens (tertiary/aromatic N) is 1. The summed E-state index contributed by atoms with van der Waals surface area (Å²) < 4.78 is 0. The van der Waals surface area contributed by atoms with E-state index in [0.29, 0.717) is 18.9 Å². The van der Waals surface area contributed by atoms with Gasteiger partial charge in [0.05, 0.1) is 6.42 Å². The monoisotopic (exact) mass is 301 g/mol. The molecule has 2 N–H and O–H groups in total. The molecule has 5 nitrogen and oxygen atoms in total. The van der Waals surface area contributed by atoms with E-state index in [4.69, 9.17) is 0 Å². The van der Waals surface area contributed by atoms with Crippen molar-refractivity contribution in [1.82, 2.24) is 10.2 Å². The maximum atomic E-state index is 12.2. The molecule has 0 saturated carbocycles. The number of hydrogen-bond acceptors (Lipinski definition) is 3. The molecule has 1 saturated heterocycles. The number of anilines is 1. The standard InChI is InChI=1S/C17H23N3O2/c1-12-11-20(8-7-18-12)17(22)4-2-3-13-5-6-15-14(9-13)10-16(21)19-15/h5-6,9,12,18H,2-4,7-8,10-11H2,1H3,(H,19,21). The van der Waals surface area contributed by atoms with Gasteiger partial charge in [-0.1, -0.05) is 12.1 Å². The fraction of sp³-hybridized carbons (Fsp3) is 0.529. The molecule has 22 heavy (non-hydrogen) atoms. The average Bonchev–Trinajstić information content (AvgIpc) is 2.86. The molecular formula is C17H23N3O2. The first kappa shape index (κ1) is 15.0. The molecule has 5 heteroatoms. The van der Waals surface area contributed by atoms with Gasteiger partial charge in [-0.25, -0.2) is 0 Å². The van der Waals surface area contributed by atoms with Gasteiger partial charge in [-0.15, -0.1) is 0 Å². The van der Waals surface area contributed by atoms with E-state index in [2.05, 4.69) is 23.6 Å². The first-order valence-corrected chi connectivity index (χ1v) is 8.04. The number of piperazine rings is 1. The normalized spacial score (nSPS) is 20.7. The lowest BCUT2D eigenvalue weighted by Gasteiger charge is -2.32. The number of carbonyl (C=O) groups excluding carboxylic acids is 2. The lowest BCUT2D eigenvalue weighted by atomic mass is 10.0. The second-order valence-electron chi connectivity index (χ2n) is 6.26. The Balaban J connectivity index is 1.48. The predicted molar refractivity (Wildman–Crippen MR) is 85.8 cm³/mol. The zero-order valence-electron chi connectivity index (χ0n) is 13.0. The molecule has 0 spiro atoms. The van der Waals surface area contributed by atoms with Crippen LogP contribution in [0.4, 0.5) is 5.69 Å². The number of benzene rings is 1. The molecule has 1 unspecified atom stereocenters. The average molecular weight is 301 g/mol. The van der Waals surface area contributed by atoms with Crippen LogP contribution < -0.4 is 10.6 Å². The molecule has 1 atom stereocenters. The Morgan fingerprint density at radius 2 is 2.27 bits per heavy atom. The van der Waals surface area contributed by atoms with Crippen LogP contribution in [-0.4, -0.2) is 42.4 Å². The van der Waals surface area contributed by atoms with E-state index < -0.39 is 0 Å². The van der Waals surface area contributed by atoms with E-state index in [0.717, 1.165) is 43.7 Å². The summed E-state index contributed by atoms with van der Waals surface area (Å²) in [7, 11) is 0. The molecule has 2 aliphatic heterocycles. The Bertz CT molecular complexity index is 585. The van der Waals surface area contributed by atoms with Crippen LogP contribution in [-0.2, 0) is 22.4 Å². The Kier molecular flexibility index (Phi) is 4.43. The van der Waals surface area contributed by atoms with Gasteiger partial charge in [-0.3, -0.25) is 9.59 Å². The lowest BCUT2D eigenvalue weighted by molar-refractivity contribution is -0.132. The summed E-state index contributed by atoms with van der Waals surface area (Å²) in [6.45, 7) is 4.62. The van der Waals surface area contributed by atoms with E-state index >= 15 is 0 Å². The number of amides is 2. The van der Waals surface area contributed by atoms with Crippen LogP contribution in [0.3, 0.4) is 0 Å². The highest BCUT2D eigenvalue weighted by molar-refractivity contribution is 5.99. The number of fused-ring (bicyclic) bond motifs is 1. The van der Waals surface area contributed by atoms with Gasteiger partial charge in [0.25, 0.3) is 0 Å². The smallest absolute Gasteiger partial charge is 0.228 e. The summed E-state index contributed by atoms with van der Waals surface area (Å²) in [6.07, 6.45) is 2.81. The predicted octanol–water partition coefficient (Wildman–Crippen LogP) is 1.32. The minimum Gasteiger partial charge on any atom is -0.340 e. The molecule has 118 valence electrons. The van der Waals surface area contributed by atoms with Crippen LogP contribution in [0.15, 0.2) is 18.2 Å². The molecule has 0 aliphatic carbocycles. The van der Waals surface area contributed by atoms with E-state index in [1.54, 1.807) is 0 Å². The van der Waals surface area contributed by atoms with Gasteiger partial charge in [0.1, 0.15) is 0 Å². The summed E-state index contributed by atoms with van der Waals surface area (Å²) in [5.41, 5.74) is 3.21. The highest BCUT2D eigenvalue weighted by Crippen LogP contribution is 2.24. The summed E-state index contributed by atoms with van der Waals surface area (Å²) in [5.74, 6) is 0.321. The lowest BCUT2D eigenvalue weighted by Crippen LogP contribution is -2.51. The SMILES string of the molecule is CC1CN(C(=O)CCCc2ccc3c(c2)CC(=O)N3)CCN1. The summed E-state index contributed by atoms with van der Waals surface area (Å²) in [4.78, 5) is 25.5. The fourth-order valence-corrected chi connectivity index (χ4v) is 3.20. The highest BCUT2D eigenvalue weighted by atomic mass is 16.2. The molecule has 3 rings (SSSR count). The van der Waals surface area contributed by atoms with Crippen molar-refractivity contribution in [1.29, 1.82) is 0 Å². The van der Waals surface area contributed by atoms with E-state index in [9.17, 15) is 9.59 Å². The second-order valence-corrected chi connectivity index (χ2v) is 6.26. The molecule has 0 bridgehead atoms. The molecule has 1 fully saturated rings. The zero-order valence-corrected chi connectivity index (χ0v) is 13.0.